The average molecular weight is 540 g/mol. The van der Waals surface area contributed by atoms with Crippen LogP contribution in [0.25, 0.3) is 0 Å². The van der Waals surface area contributed by atoms with Crippen molar-refractivity contribution in [2.75, 3.05) is 7.11 Å². The van der Waals surface area contributed by atoms with Gasteiger partial charge in [-0.25, -0.2) is 14.0 Å². The number of nitro groups is 1. The number of carboxylic acid groups (broad SMARTS) is 1. The normalized spacial score (nSPS) is 12.2. The highest BCUT2D eigenvalue weighted by Crippen LogP contribution is 2.17. The van der Waals surface area contributed by atoms with Crippen molar-refractivity contribution in [3.63, 3.8) is 0 Å². The topological polar surface area (TPSA) is 148 Å². The van der Waals surface area contributed by atoms with Crippen LogP contribution in [-0.2, 0) is 38.6 Å². The minimum Gasteiger partial charge on any atom is -0.480 e. The van der Waals surface area contributed by atoms with E-state index in [1.807, 2.05) is 0 Å². The Morgan fingerprint density at radius 2 is 1.54 bits per heavy atom. The lowest BCUT2D eigenvalue weighted by Gasteiger charge is -2.29. The second-order valence-corrected chi connectivity index (χ2v) is 8.42. The fourth-order valence-electron chi connectivity index (χ4n) is 3.70. The van der Waals surface area contributed by atoms with Gasteiger partial charge in [-0.2, -0.15) is 5.06 Å². The summed E-state index contributed by atoms with van der Waals surface area (Å²) in [4.78, 5) is 53.9. The number of hydroxylamine groups is 2. The molecule has 0 heterocycles. The second kappa shape index (κ2) is 13.6. The summed E-state index contributed by atoms with van der Waals surface area (Å²) in [6.45, 7) is -0.117. The number of rotatable bonds is 12. The minimum atomic E-state index is -1.42. The number of aliphatic carboxylic acids is 1. The Balaban J connectivity index is 1.83. The zero-order valence-electron chi connectivity index (χ0n) is 20.9. The van der Waals surface area contributed by atoms with E-state index in [0.717, 1.165) is 7.11 Å². The Kier molecular flexibility index (Phi) is 10.0. The van der Waals surface area contributed by atoms with Gasteiger partial charge in [-0.15, -0.1) is 0 Å². The van der Waals surface area contributed by atoms with Crippen molar-refractivity contribution < 1.29 is 38.4 Å². The van der Waals surface area contributed by atoms with Crippen LogP contribution in [0.4, 0.5) is 14.9 Å². The van der Waals surface area contributed by atoms with Crippen LogP contribution < -0.4 is 5.32 Å². The number of carboxylic acids is 1. The number of non-ortho nitro benzene ring substituents is 1. The third-order valence-corrected chi connectivity index (χ3v) is 5.71. The van der Waals surface area contributed by atoms with Gasteiger partial charge >= 0.3 is 12.1 Å². The van der Waals surface area contributed by atoms with Crippen LogP contribution in [0.2, 0.25) is 0 Å². The number of benzene rings is 3. The van der Waals surface area contributed by atoms with Crippen molar-refractivity contribution in [1.82, 2.24) is 10.4 Å². The molecule has 0 aliphatic carbocycles. The van der Waals surface area contributed by atoms with Gasteiger partial charge in [0.05, 0.1) is 12.0 Å². The Bertz CT molecular complexity index is 1290. The molecule has 3 aromatic rings. The molecule has 2 N–H and O–H groups in total. The Labute approximate surface area is 222 Å². The first-order chi connectivity index (χ1) is 18.7. The van der Waals surface area contributed by atoms with E-state index in [1.165, 1.54) is 48.5 Å². The maximum Gasteiger partial charge on any atom is 0.435 e. The number of halogens is 1. The first-order valence-corrected chi connectivity index (χ1v) is 11.7. The van der Waals surface area contributed by atoms with Crippen molar-refractivity contribution in [2.45, 2.75) is 31.5 Å². The van der Waals surface area contributed by atoms with E-state index < -0.39 is 40.8 Å². The zero-order valence-corrected chi connectivity index (χ0v) is 20.9. The van der Waals surface area contributed by atoms with E-state index in [9.17, 15) is 34.0 Å². The van der Waals surface area contributed by atoms with E-state index in [2.05, 4.69) is 5.32 Å². The molecule has 0 aliphatic heterocycles. The van der Waals surface area contributed by atoms with E-state index in [0.29, 0.717) is 21.8 Å². The molecule has 11 nitrogen and oxygen atoms in total. The molecule has 3 aromatic carbocycles. The molecule has 2 amide bonds. The number of carbonyl (C=O) groups is 3. The van der Waals surface area contributed by atoms with Crippen LogP contribution in [0.15, 0.2) is 78.9 Å². The maximum absolute atomic E-state index is 13.4. The number of hydrogen-bond acceptors (Lipinski definition) is 7. The summed E-state index contributed by atoms with van der Waals surface area (Å²) < 4.78 is 18.6. The van der Waals surface area contributed by atoms with Gasteiger partial charge in [0.15, 0.2) is 0 Å². The Morgan fingerprint density at radius 1 is 0.949 bits per heavy atom. The number of amides is 2. The number of hydrogen-bond donors (Lipinski definition) is 2. The van der Waals surface area contributed by atoms with Crippen LogP contribution in [0, 0.1) is 15.9 Å². The summed E-state index contributed by atoms with van der Waals surface area (Å²) in [5, 5.41) is 23.8. The molecular formula is C27H26FN3O8. The van der Waals surface area contributed by atoms with Crippen LogP contribution in [-0.4, -0.2) is 52.3 Å². The van der Waals surface area contributed by atoms with E-state index in [-0.39, 0.29) is 25.1 Å². The molecule has 12 heteroatoms. The summed E-state index contributed by atoms with van der Waals surface area (Å²) in [5.74, 6) is -2.72. The van der Waals surface area contributed by atoms with Crippen molar-refractivity contribution in [3.8, 4) is 0 Å². The fourth-order valence-corrected chi connectivity index (χ4v) is 3.70. The van der Waals surface area contributed by atoms with Crippen molar-refractivity contribution in [2.24, 2.45) is 0 Å². The molecule has 0 fully saturated rings. The zero-order chi connectivity index (χ0) is 28.4. The summed E-state index contributed by atoms with van der Waals surface area (Å²) in [5.41, 5.74) is 1.41. The van der Waals surface area contributed by atoms with E-state index in [1.54, 1.807) is 30.3 Å². The van der Waals surface area contributed by atoms with Gasteiger partial charge in [0, 0.05) is 25.0 Å². The molecule has 0 saturated heterocycles. The molecule has 0 unspecified atom stereocenters. The van der Waals surface area contributed by atoms with Crippen LogP contribution in [0.5, 0.6) is 0 Å². The second-order valence-electron chi connectivity index (χ2n) is 8.42. The lowest BCUT2D eigenvalue weighted by molar-refractivity contribution is -0.384. The van der Waals surface area contributed by atoms with Gasteiger partial charge in [-0.3, -0.25) is 19.7 Å². The summed E-state index contributed by atoms with van der Waals surface area (Å²) >= 11 is 0. The summed E-state index contributed by atoms with van der Waals surface area (Å²) in [7, 11) is 1.15. The van der Waals surface area contributed by atoms with Crippen LogP contribution in [0.3, 0.4) is 0 Å². The van der Waals surface area contributed by atoms with Gasteiger partial charge in [-0.1, -0.05) is 54.6 Å². The lowest BCUT2D eigenvalue weighted by atomic mass is 10.0. The predicted molar refractivity (Wildman–Crippen MR) is 136 cm³/mol. The fraction of sp³-hybridized carbons (Fsp3) is 0.222. The number of ether oxygens (including phenoxy) is 1. The van der Waals surface area contributed by atoms with Gasteiger partial charge in [-0.05, 0) is 28.8 Å². The molecule has 204 valence electrons. The van der Waals surface area contributed by atoms with Crippen LogP contribution >= 0.6 is 0 Å². The number of carbonyl (C=O) groups excluding carboxylic acids is 2. The Hall–Kier alpha value is -4.84. The lowest BCUT2D eigenvalue weighted by Crippen LogP contribution is -2.54. The molecule has 0 saturated carbocycles. The minimum absolute atomic E-state index is 0.117. The summed E-state index contributed by atoms with van der Waals surface area (Å²) in [6, 6.07) is 16.4. The van der Waals surface area contributed by atoms with E-state index in [4.69, 9.17) is 9.57 Å². The number of nitrogens with one attached hydrogen (secondary N) is 1. The predicted octanol–water partition coefficient (Wildman–Crippen LogP) is 3.66. The van der Waals surface area contributed by atoms with Crippen molar-refractivity contribution in [3.05, 3.63) is 111 Å². The largest absolute Gasteiger partial charge is 0.480 e. The first-order valence-electron chi connectivity index (χ1n) is 11.7. The quantitative estimate of drug-likeness (QED) is 0.262. The van der Waals surface area contributed by atoms with Crippen molar-refractivity contribution >= 4 is 23.7 Å². The highest BCUT2D eigenvalue weighted by Gasteiger charge is 2.34. The average Bonchev–Trinajstić information content (AvgIpc) is 2.93. The molecule has 3 rings (SSSR count). The van der Waals surface area contributed by atoms with Crippen molar-refractivity contribution in [1.29, 1.82) is 0 Å². The number of nitro benzene ring substituents is 1. The van der Waals surface area contributed by atoms with E-state index >= 15 is 0 Å². The smallest absolute Gasteiger partial charge is 0.435 e. The molecule has 2 atom stereocenters. The first kappa shape index (κ1) is 28.7. The maximum atomic E-state index is 13.4. The molecule has 0 radical (unpaired) electrons. The SMILES string of the molecule is CON(C(=O)OCc1ccccc1)[C@@H](Cc1ccc([N+](=O)[O-])cc1)C(=O)N[C@@H](Cc1ccc(F)cc1)C(=O)O. The molecule has 39 heavy (non-hydrogen) atoms. The van der Waals surface area contributed by atoms with Gasteiger partial charge < -0.3 is 15.2 Å². The van der Waals surface area contributed by atoms with Gasteiger partial charge in [0.25, 0.3) is 5.69 Å². The molecule has 0 bridgehead atoms. The molecular weight excluding hydrogens is 513 g/mol. The third kappa shape index (κ3) is 8.33. The van der Waals surface area contributed by atoms with Gasteiger partial charge in [0.2, 0.25) is 5.91 Å². The highest BCUT2D eigenvalue weighted by molar-refractivity contribution is 5.89. The number of nitrogens with zero attached hydrogens (tertiary/aromatic N) is 2. The highest BCUT2D eigenvalue weighted by atomic mass is 19.1. The third-order valence-electron chi connectivity index (χ3n) is 5.71. The molecule has 0 aromatic heterocycles. The van der Waals surface area contributed by atoms with Crippen LogP contribution in [0.1, 0.15) is 16.7 Å². The monoisotopic (exact) mass is 539 g/mol. The summed E-state index contributed by atoms with van der Waals surface area (Å²) in [6.07, 6.45) is -1.34. The standard InChI is InChI=1S/C27H26FN3O8/c1-38-30(27(35)39-17-20-5-3-2-4-6-20)24(16-19-9-13-22(14-10-19)31(36)37)25(32)29-23(26(33)34)15-18-7-11-21(28)12-8-18/h2-14,23-24H,15-17H2,1H3,(H,29,32)(H,33,34)/t23-,24-/m0/s1. The molecule has 0 spiro atoms. The van der Waals surface area contributed by atoms with Gasteiger partial charge in [0.1, 0.15) is 24.5 Å². The molecule has 0 aliphatic rings. The Morgan fingerprint density at radius 3 is 2.10 bits per heavy atom.